The Morgan fingerprint density at radius 3 is 2.65 bits per heavy atom. The number of hydrogen-bond acceptors (Lipinski definition) is 9. The minimum atomic E-state index is -3.46. The number of piperazine rings is 1. The largest absolute Gasteiger partial charge is 0.367 e. The van der Waals surface area contributed by atoms with Gasteiger partial charge in [-0.1, -0.05) is 6.07 Å². The molecule has 0 bridgehead atoms. The molecular formula is C24H28FN9O2S. The van der Waals surface area contributed by atoms with Crippen molar-refractivity contribution in [3.63, 3.8) is 0 Å². The predicted molar refractivity (Wildman–Crippen MR) is 142 cm³/mol. The van der Waals surface area contributed by atoms with Crippen LogP contribution in [0.5, 0.6) is 0 Å². The Balaban J connectivity index is 1.37. The molecule has 1 aliphatic rings. The van der Waals surface area contributed by atoms with E-state index in [0.717, 1.165) is 36.7 Å². The van der Waals surface area contributed by atoms with Crippen LogP contribution in [0.25, 0.3) is 22.7 Å². The van der Waals surface area contributed by atoms with Crippen molar-refractivity contribution in [1.29, 1.82) is 0 Å². The molecule has 5 rings (SSSR count). The molecule has 13 heteroatoms. The highest BCUT2D eigenvalue weighted by atomic mass is 32.2. The second-order valence-corrected chi connectivity index (χ2v) is 11.0. The molecule has 2 N–H and O–H groups in total. The number of nitrogens with zero attached hydrogens (tertiary/aromatic N) is 7. The number of hydrogen-bond donors (Lipinski definition) is 2. The number of nitrogens with one attached hydrogen (secondary N) is 2. The first-order valence-electron chi connectivity index (χ1n) is 11.8. The van der Waals surface area contributed by atoms with E-state index in [0.29, 0.717) is 52.1 Å². The fourth-order valence-electron chi connectivity index (χ4n) is 4.18. The number of aromatic amines is 1. The molecule has 1 aliphatic heterocycles. The highest BCUT2D eigenvalue weighted by Gasteiger charge is 2.20. The summed E-state index contributed by atoms with van der Waals surface area (Å²) >= 11 is 0. The lowest BCUT2D eigenvalue weighted by molar-refractivity contribution is 0.312. The van der Waals surface area contributed by atoms with E-state index in [1.54, 1.807) is 36.7 Å². The van der Waals surface area contributed by atoms with Crippen LogP contribution in [0.15, 0.2) is 42.7 Å². The average Bonchev–Trinajstić information content (AvgIpc) is 3.30. The van der Waals surface area contributed by atoms with Gasteiger partial charge in [0, 0.05) is 63.8 Å². The lowest BCUT2D eigenvalue weighted by Crippen LogP contribution is -2.44. The van der Waals surface area contributed by atoms with E-state index in [-0.39, 0.29) is 5.82 Å². The number of rotatable bonds is 7. The summed E-state index contributed by atoms with van der Waals surface area (Å²) < 4.78 is 40.0. The first-order chi connectivity index (χ1) is 17.7. The molecule has 0 saturated carbocycles. The van der Waals surface area contributed by atoms with Crippen molar-refractivity contribution in [2.75, 3.05) is 61.1 Å². The van der Waals surface area contributed by atoms with Gasteiger partial charge in [-0.2, -0.15) is 0 Å². The van der Waals surface area contributed by atoms with Gasteiger partial charge in [0.05, 0.1) is 23.0 Å². The predicted octanol–water partition coefficient (Wildman–Crippen LogP) is 2.31. The van der Waals surface area contributed by atoms with Gasteiger partial charge in [-0.05, 0) is 25.2 Å². The molecule has 1 saturated heterocycles. The summed E-state index contributed by atoms with van der Waals surface area (Å²) in [5.41, 5.74) is 2.43. The van der Waals surface area contributed by atoms with Crippen molar-refractivity contribution in [2.45, 2.75) is 6.54 Å². The van der Waals surface area contributed by atoms with Crippen molar-refractivity contribution in [1.82, 2.24) is 29.8 Å². The van der Waals surface area contributed by atoms with E-state index in [1.807, 2.05) is 4.90 Å². The van der Waals surface area contributed by atoms with Crippen molar-refractivity contribution in [3.8, 4) is 11.6 Å². The first-order valence-corrected chi connectivity index (χ1v) is 13.6. The number of anilines is 3. The number of pyridine rings is 1. The molecular weight excluding hydrogens is 497 g/mol. The number of fused-ring (bicyclic) bond motifs is 1. The SMILES string of the molecule is CN1CCN(c2cc3nc(-c4nccc(NCc5cccnc5N(C)S(C)(=O)=O)n4)[nH]c3cc2F)CC1. The maximum Gasteiger partial charge on any atom is 0.233 e. The fraction of sp³-hybridized carbons (Fsp3) is 0.333. The van der Waals surface area contributed by atoms with Crippen LogP contribution in [0.4, 0.5) is 21.7 Å². The number of H-pyrrole nitrogens is 1. The van der Waals surface area contributed by atoms with Gasteiger partial charge < -0.3 is 20.1 Å². The van der Waals surface area contributed by atoms with Crippen LogP contribution < -0.4 is 14.5 Å². The van der Waals surface area contributed by atoms with E-state index in [4.69, 9.17) is 0 Å². The van der Waals surface area contributed by atoms with Crippen molar-refractivity contribution in [3.05, 3.63) is 54.1 Å². The van der Waals surface area contributed by atoms with Gasteiger partial charge >= 0.3 is 0 Å². The monoisotopic (exact) mass is 525 g/mol. The zero-order valence-electron chi connectivity index (χ0n) is 20.8. The van der Waals surface area contributed by atoms with Crippen molar-refractivity contribution < 1.29 is 12.8 Å². The standard InChI is InChI=1S/C24H28FN9O2S/c1-32-9-11-34(12-10-32)20-14-19-18(13-17(20)25)29-23(30-19)22-26-8-6-21(31-22)28-15-16-5-4-7-27-24(16)33(2)37(3,35)36/h4-8,13-14H,9-12,15H2,1-3H3,(H,29,30)(H,26,28,31). The van der Waals surface area contributed by atoms with E-state index < -0.39 is 10.0 Å². The molecule has 3 aromatic heterocycles. The second-order valence-electron chi connectivity index (χ2n) is 9.03. The Labute approximate surface area is 214 Å². The van der Waals surface area contributed by atoms with Crippen molar-refractivity contribution >= 4 is 38.4 Å². The zero-order valence-corrected chi connectivity index (χ0v) is 21.6. The molecule has 194 valence electrons. The molecule has 0 aliphatic carbocycles. The quantitative estimate of drug-likeness (QED) is 0.374. The van der Waals surface area contributed by atoms with Gasteiger partial charge in [0.2, 0.25) is 10.0 Å². The molecule has 0 spiro atoms. The fourth-order valence-corrected chi connectivity index (χ4v) is 4.66. The van der Waals surface area contributed by atoms with Crippen LogP contribution in [0.2, 0.25) is 0 Å². The molecule has 1 fully saturated rings. The van der Waals surface area contributed by atoms with Gasteiger partial charge in [-0.3, -0.25) is 4.31 Å². The van der Waals surface area contributed by atoms with Crippen LogP contribution in [-0.2, 0) is 16.6 Å². The van der Waals surface area contributed by atoms with Gasteiger partial charge in [-0.25, -0.2) is 32.7 Å². The summed E-state index contributed by atoms with van der Waals surface area (Å²) in [5.74, 6) is 1.33. The minimum Gasteiger partial charge on any atom is -0.367 e. The Morgan fingerprint density at radius 1 is 1.11 bits per heavy atom. The van der Waals surface area contributed by atoms with Crippen molar-refractivity contribution in [2.24, 2.45) is 0 Å². The Kier molecular flexibility index (Phi) is 6.65. The summed E-state index contributed by atoms with van der Waals surface area (Å²) in [6.07, 6.45) is 4.27. The third kappa shape index (κ3) is 5.32. The third-order valence-electron chi connectivity index (χ3n) is 6.39. The topological polar surface area (TPSA) is 123 Å². The number of aromatic nitrogens is 5. The van der Waals surface area contributed by atoms with Gasteiger partial charge in [0.1, 0.15) is 17.5 Å². The lowest BCUT2D eigenvalue weighted by Gasteiger charge is -2.34. The van der Waals surface area contributed by atoms with Crippen LogP contribution in [0.3, 0.4) is 0 Å². The normalized spacial score (nSPS) is 14.8. The molecule has 4 heterocycles. The van der Waals surface area contributed by atoms with Crippen LogP contribution in [-0.4, -0.2) is 84.8 Å². The van der Waals surface area contributed by atoms with E-state index in [1.165, 1.54) is 13.1 Å². The Hall–Kier alpha value is -3.84. The number of sulfonamides is 1. The third-order valence-corrected chi connectivity index (χ3v) is 7.55. The number of imidazole rings is 1. The highest BCUT2D eigenvalue weighted by Crippen LogP contribution is 2.28. The second kappa shape index (κ2) is 9.90. The average molecular weight is 526 g/mol. The molecule has 4 aromatic rings. The Morgan fingerprint density at radius 2 is 1.89 bits per heavy atom. The van der Waals surface area contributed by atoms with Gasteiger partial charge in [-0.15, -0.1) is 0 Å². The maximum absolute atomic E-state index is 14.9. The summed E-state index contributed by atoms with van der Waals surface area (Å²) in [7, 11) is 0.0612. The molecule has 37 heavy (non-hydrogen) atoms. The van der Waals surface area contributed by atoms with Crippen LogP contribution in [0, 0.1) is 5.82 Å². The molecule has 0 atom stereocenters. The summed E-state index contributed by atoms with van der Waals surface area (Å²) in [5, 5.41) is 3.19. The molecule has 11 nitrogen and oxygen atoms in total. The van der Waals surface area contributed by atoms with Gasteiger partial charge in [0.15, 0.2) is 11.6 Å². The van der Waals surface area contributed by atoms with E-state index in [9.17, 15) is 12.8 Å². The number of likely N-dealkylation sites (N-methyl/N-ethyl adjacent to an activating group) is 1. The minimum absolute atomic E-state index is 0.291. The number of halogens is 1. The first kappa shape index (κ1) is 24.8. The smallest absolute Gasteiger partial charge is 0.233 e. The van der Waals surface area contributed by atoms with E-state index in [2.05, 4.69) is 42.2 Å². The van der Waals surface area contributed by atoms with Crippen LogP contribution >= 0.6 is 0 Å². The summed E-state index contributed by atoms with van der Waals surface area (Å²) in [6, 6.07) is 8.47. The number of benzene rings is 1. The molecule has 0 radical (unpaired) electrons. The van der Waals surface area contributed by atoms with Gasteiger partial charge in [0.25, 0.3) is 0 Å². The highest BCUT2D eigenvalue weighted by molar-refractivity contribution is 7.92. The summed E-state index contributed by atoms with van der Waals surface area (Å²) in [4.78, 5) is 25.1. The summed E-state index contributed by atoms with van der Waals surface area (Å²) in [6.45, 7) is 3.56. The maximum atomic E-state index is 14.9. The van der Waals surface area contributed by atoms with Crippen LogP contribution in [0.1, 0.15) is 5.56 Å². The molecule has 1 aromatic carbocycles. The van der Waals surface area contributed by atoms with E-state index >= 15 is 0 Å². The molecule has 0 unspecified atom stereocenters. The molecule has 0 amide bonds. The lowest BCUT2D eigenvalue weighted by atomic mass is 10.2. The zero-order chi connectivity index (χ0) is 26.2. The Bertz CT molecular complexity index is 1530.